The van der Waals surface area contributed by atoms with Gasteiger partial charge in [0, 0.05) is 13.1 Å². The van der Waals surface area contributed by atoms with E-state index in [0.29, 0.717) is 13.1 Å². The van der Waals surface area contributed by atoms with Gasteiger partial charge in [-0.15, -0.1) is 12.4 Å². The molecule has 5 nitrogen and oxygen atoms in total. The molecule has 0 spiro atoms. The monoisotopic (exact) mass is 209 g/mol. The molecule has 1 aliphatic rings. The van der Waals surface area contributed by atoms with E-state index in [4.69, 9.17) is 10.2 Å². The molecule has 1 heterocycles. The molecule has 0 bridgehead atoms. The lowest BCUT2D eigenvalue weighted by Gasteiger charge is -2.24. The third kappa shape index (κ3) is 3.20. The van der Waals surface area contributed by atoms with Crippen LogP contribution in [0.1, 0.15) is 6.42 Å². The van der Waals surface area contributed by atoms with E-state index in [9.17, 15) is 9.59 Å². The molecule has 13 heavy (non-hydrogen) atoms. The maximum Gasteiger partial charge on any atom is 0.307 e. The molecular formula is C7H12ClNO4. The molecular weight excluding hydrogens is 198 g/mol. The van der Waals surface area contributed by atoms with E-state index < -0.39 is 23.8 Å². The van der Waals surface area contributed by atoms with Gasteiger partial charge in [-0.2, -0.15) is 0 Å². The molecule has 6 heteroatoms. The first-order valence-corrected chi connectivity index (χ1v) is 3.77. The molecule has 1 saturated heterocycles. The van der Waals surface area contributed by atoms with Gasteiger partial charge in [0.25, 0.3) is 0 Å². The quantitative estimate of drug-likeness (QED) is 0.587. The second kappa shape index (κ2) is 5.04. The molecule has 0 aliphatic carbocycles. The highest BCUT2D eigenvalue weighted by Crippen LogP contribution is 2.16. The molecule has 0 saturated carbocycles. The summed E-state index contributed by atoms with van der Waals surface area (Å²) in [6.45, 7) is 0.748. The normalized spacial score (nSPS) is 27.4. The average molecular weight is 210 g/mol. The largest absolute Gasteiger partial charge is 0.481 e. The van der Waals surface area contributed by atoms with Crippen LogP contribution in [0, 0.1) is 11.8 Å². The highest BCUT2D eigenvalue weighted by Gasteiger charge is 2.30. The zero-order chi connectivity index (χ0) is 9.14. The minimum absolute atomic E-state index is 0. The Morgan fingerprint density at radius 3 is 1.77 bits per heavy atom. The molecule has 0 unspecified atom stereocenters. The Bertz CT molecular complexity index is 189. The lowest BCUT2D eigenvalue weighted by Crippen LogP contribution is -2.42. The van der Waals surface area contributed by atoms with E-state index in [1.807, 2.05) is 0 Å². The topological polar surface area (TPSA) is 86.6 Å². The van der Waals surface area contributed by atoms with Gasteiger partial charge >= 0.3 is 11.9 Å². The number of aliphatic carboxylic acids is 2. The number of piperidine rings is 1. The van der Waals surface area contributed by atoms with Crippen LogP contribution in [-0.2, 0) is 9.59 Å². The van der Waals surface area contributed by atoms with Crippen molar-refractivity contribution >= 4 is 24.3 Å². The lowest BCUT2D eigenvalue weighted by molar-refractivity contribution is -0.146. The summed E-state index contributed by atoms with van der Waals surface area (Å²) in [5, 5.41) is 20.0. The second-order valence-corrected chi connectivity index (χ2v) is 2.96. The van der Waals surface area contributed by atoms with Gasteiger partial charge in [0.2, 0.25) is 0 Å². The van der Waals surface area contributed by atoms with Crippen LogP contribution in [0.15, 0.2) is 0 Å². The van der Waals surface area contributed by atoms with Crippen LogP contribution in [0.3, 0.4) is 0 Å². The van der Waals surface area contributed by atoms with Crippen molar-refractivity contribution in [1.29, 1.82) is 0 Å². The summed E-state index contributed by atoms with van der Waals surface area (Å²) in [5.41, 5.74) is 0. The third-order valence-electron chi connectivity index (χ3n) is 2.05. The van der Waals surface area contributed by atoms with Crippen molar-refractivity contribution in [3.8, 4) is 0 Å². The van der Waals surface area contributed by atoms with Crippen molar-refractivity contribution in [3.05, 3.63) is 0 Å². The minimum atomic E-state index is -0.923. The van der Waals surface area contributed by atoms with Gasteiger partial charge in [0.15, 0.2) is 0 Å². The first kappa shape index (κ1) is 12.2. The van der Waals surface area contributed by atoms with Crippen LogP contribution in [0.25, 0.3) is 0 Å². The van der Waals surface area contributed by atoms with Gasteiger partial charge in [0.05, 0.1) is 11.8 Å². The predicted molar refractivity (Wildman–Crippen MR) is 47.0 cm³/mol. The fraction of sp³-hybridized carbons (Fsp3) is 0.714. The zero-order valence-electron chi connectivity index (χ0n) is 6.90. The fourth-order valence-corrected chi connectivity index (χ4v) is 1.32. The van der Waals surface area contributed by atoms with Gasteiger partial charge in [-0.05, 0) is 6.42 Å². The Labute approximate surface area is 81.5 Å². The summed E-state index contributed by atoms with van der Waals surface area (Å²) in [4.78, 5) is 21.0. The summed E-state index contributed by atoms with van der Waals surface area (Å²) in [6.07, 6.45) is 0.234. The number of rotatable bonds is 2. The second-order valence-electron chi connectivity index (χ2n) is 2.96. The van der Waals surface area contributed by atoms with Crippen LogP contribution in [0.2, 0.25) is 0 Å². The lowest BCUT2D eigenvalue weighted by atomic mass is 9.91. The molecule has 1 rings (SSSR count). The highest BCUT2D eigenvalue weighted by atomic mass is 35.5. The number of carboxylic acids is 2. The van der Waals surface area contributed by atoms with E-state index >= 15 is 0 Å². The molecule has 0 radical (unpaired) electrons. The number of hydrogen-bond acceptors (Lipinski definition) is 3. The highest BCUT2D eigenvalue weighted by molar-refractivity contribution is 5.85. The van der Waals surface area contributed by atoms with Gasteiger partial charge in [-0.25, -0.2) is 0 Å². The molecule has 1 aliphatic heterocycles. The first-order valence-electron chi connectivity index (χ1n) is 3.77. The average Bonchev–Trinajstić information content (AvgIpc) is 2.04. The van der Waals surface area contributed by atoms with Gasteiger partial charge < -0.3 is 15.5 Å². The van der Waals surface area contributed by atoms with Crippen molar-refractivity contribution in [2.45, 2.75) is 6.42 Å². The fourth-order valence-electron chi connectivity index (χ4n) is 1.32. The van der Waals surface area contributed by atoms with Crippen LogP contribution >= 0.6 is 12.4 Å². The first-order chi connectivity index (χ1) is 5.61. The Morgan fingerprint density at radius 1 is 1.08 bits per heavy atom. The van der Waals surface area contributed by atoms with Gasteiger partial charge in [-0.3, -0.25) is 9.59 Å². The van der Waals surface area contributed by atoms with Crippen molar-refractivity contribution < 1.29 is 19.8 Å². The zero-order valence-corrected chi connectivity index (χ0v) is 7.71. The van der Waals surface area contributed by atoms with Crippen molar-refractivity contribution in [1.82, 2.24) is 5.32 Å². The van der Waals surface area contributed by atoms with Crippen molar-refractivity contribution in [2.24, 2.45) is 11.8 Å². The number of carboxylic acid groups (broad SMARTS) is 2. The Balaban J connectivity index is 0.00000144. The number of nitrogens with one attached hydrogen (secondary N) is 1. The number of carbonyl (C=O) groups is 2. The minimum Gasteiger partial charge on any atom is -0.481 e. The van der Waals surface area contributed by atoms with Crippen molar-refractivity contribution in [3.63, 3.8) is 0 Å². The van der Waals surface area contributed by atoms with Gasteiger partial charge in [-0.1, -0.05) is 0 Å². The molecule has 0 aromatic carbocycles. The Morgan fingerprint density at radius 2 is 1.46 bits per heavy atom. The van der Waals surface area contributed by atoms with E-state index in [1.165, 1.54) is 0 Å². The smallest absolute Gasteiger partial charge is 0.307 e. The summed E-state index contributed by atoms with van der Waals surface area (Å²) in [7, 11) is 0. The predicted octanol–water partition coefficient (Wildman–Crippen LogP) is -0.197. The number of halogens is 1. The molecule has 1 fully saturated rings. The summed E-state index contributed by atoms with van der Waals surface area (Å²) >= 11 is 0. The molecule has 2 atom stereocenters. The van der Waals surface area contributed by atoms with Crippen LogP contribution in [-0.4, -0.2) is 35.2 Å². The van der Waals surface area contributed by atoms with Gasteiger partial charge in [0.1, 0.15) is 0 Å². The van der Waals surface area contributed by atoms with E-state index in [0.717, 1.165) is 0 Å². The summed E-state index contributed by atoms with van der Waals surface area (Å²) in [6, 6.07) is 0. The maximum absolute atomic E-state index is 10.5. The van der Waals surface area contributed by atoms with E-state index in [2.05, 4.69) is 5.32 Å². The van der Waals surface area contributed by atoms with E-state index in [1.54, 1.807) is 0 Å². The molecule has 0 aromatic rings. The molecule has 76 valence electrons. The summed E-state index contributed by atoms with van der Waals surface area (Å²) in [5.74, 6) is -2.96. The van der Waals surface area contributed by atoms with Crippen LogP contribution < -0.4 is 5.32 Å². The van der Waals surface area contributed by atoms with Crippen LogP contribution in [0.4, 0.5) is 0 Å². The van der Waals surface area contributed by atoms with Crippen LogP contribution in [0.5, 0.6) is 0 Å². The Hall–Kier alpha value is -0.810. The summed E-state index contributed by atoms with van der Waals surface area (Å²) < 4.78 is 0. The Kier molecular flexibility index (Phi) is 4.72. The molecule has 0 aromatic heterocycles. The van der Waals surface area contributed by atoms with E-state index in [-0.39, 0.29) is 18.8 Å². The standard InChI is InChI=1S/C7H11NO4.ClH/c9-6(10)4-1-5(7(11)12)3-8-2-4;/h4-5,8H,1-3H2,(H,9,10)(H,11,12);1H/t4-,5+;. The maximum atomic E-state index is 10.5. The molecule has 3 N–H and O–H groups in total. The van der Waals surface area contributed by atoms with Crippen molar-refractivity contribution in [2.75, 3.05) is 13.1 Å². The third-order valence-corrected chi connectivity index (χ3v) is 2.05. The number of hydrogen-bond donors (Lipinski definition) is 3. The molecule has 0 amide bonds. The SMILES string of the molecule is Cl.O=C(O)[C@@H]1CNC[C@H](C(=O)O)C1.